The highest BCUT2D eigenvalue weighted by Gasteiger charge is 2.34. The van der Waals surface area contributed by atoms with Gasteiger partial charge >= 0.3 is 0 Å². The van der Waals surface area contributed by atoms with Crippen LogP contribution in [0.2, 0.25) is 0 Å². The molecule has 1 saturated heterocycles. The number of rotatable bonds is 1. The van der Waals surface area contributed by atoms with E-state index in [0.717, 1.165) is 10.6 Å². The van der Waals surface area contributed by atoms with Gasteiger partial charge in [-0.05, 0) is 20.8 Å². The summed E-state index contributed by atoms with van der Waals surface area (Å²) in [7, 11) is -3.39. The van der Waals surface area contributed by atoms with Crippen LogP contribution >= 0.6 is 0 Å². The monoisotopic (exact) mass is 234 g/mol. The van der Waals surface area contributed by atoms with E-state index in [1.54, 1.807) is 0 Å². The molecule has 0 N–H and O–H groups in total. The second-order valence-corrected chi connectivity index (χ2v) is 6.73. The van der Waals surface area contributed by atoms with Gasteiger partial charge in [-0.2, -0.15) is 0 Å². The van der Waals surface area contributed by atoms with E-state index in [0.29, 0.717) is 6.54 Å². The number of sulfonamides is 1. The molecule has 1 fully saturated rings. The summed E-state index contributed by atoms with van der Waals surface area (Å²) < 4.78 is 23.4. The summed E-state index contributed by atoms with van der Waals surface area (Å²) in [6.45, 7) is 7.07. The Morgan fingerprint density at radius 2 is 1.73 bits per heavy atom. The third-order valence-electron chi connectivity index (χ3n) is 2.53. The summed E-state index contributed by atoms with van der Waals surface area (Å²) in [5.74, 6) is -0.335. The van der Waals surface area contributed by atoms with Crippen molar-refractivity contribution in [2.75, 3.05) is 25.9 Å². The summed E-state index contributed by atoms with van der Waals surface area (Å²) in [6.07, 6.45) is 1.07. The van der Waals surface area contributed by atoms with Gasteiger partial charge in [0.25, 0.3) is 0 Å². The lowest BCUT2D eigenvalue weighted by Crippen LogP contribution is -2.57. The van der Waals surface area contributed by atoms with E-state index in [1.807, 2.05) is 25.7 Å². The number of piperazine rings is 1. The highest BCUT2D eigenvalue weighted by molar-refractivity contribution is 7.88. The van der Waals surface area contributed by atoms with Gasteiger partial charge in [-0.15, -0.1) is 0 Å². The van der Waals surface area contributed by atoms with Gasteiger partial charge in [-0.3, -0.25) is 9.69 Å². The third-order valence-corrected chi connectivity index (χ3v) is 3.71. The molecule has 15 heavy (non-hydrogen) atoms. The average Bonchev–Trinajstić information content (AvgIpc) is 1.99. The number of amides is 1. The zero-order chi connectivity index (χ0) is 11.9. The molecule has 1 aliphatic rings. The number of hydrogen-bond donors (Lipinski definition) is 0. The first-order valence-electron chi connectivity index (χ1n) is 4.88. The molecular formula is C9H18N2O3S. The fraction of sp³-hybridized carbons (Fsp3) is 0.889. The maximum atomic E-state index is 11.6. The van der Waals surface area contributed by atoms with Gasteiger partial charge in [0, 0.05) is 18.6 Å². The van der Waals surface area contributed by atoms with Crippen molar-refractivity contribution in [3.05, 3.63) is 0 Å². The van der Waals surface area contributed by atoms with Crippen LogP contribution in [0.1, 0.15) is 20.8 Å². The molecule has 1 amide bonds. The van der Waals surface area contributed by atoms with Crippen LogP contribution in [0, 0.1) is 0 Å². The summed E-state index contributed by atoms with van der Waals surface area (Å²) in [6, 6.07) is 0. The number of carbonyl (C=O) groups excluding carboxylic acids is 1. The Kier molecular flexibility index (Phi) is 3.11. The Labute approximate surface area is 91.1 Å². The lowest BCUT2D eigenvalue weighted by Gasteiger charge is -2.40. The molecular weight excluding hydrogens is 216 g/mol. The molecule has 0 aromatic heterocycles. The van der Waals surface area contributed by atoms with Gasteiger partial charge in [0.1, 0.15) is 0 Å². The van der Waals surface area contributed by atoms with E-state index in [4.69, 9.17) is 0 Å². The first-order valence-corrected chi connectivity index (χ1v) is 6.73. The normalized spacial score (nSPS) is 20.8. The highest BCUT2D eigenvalue weighted by atomic mass is 32.2. The van der Waals surface area contributed by atoms with Crippen molar-refractivity contribution in [1.82, 2.24) is 9.21 Å². The Balaban J connectivity index is 2.77. The van der Waals surface area contributed by atoms with E-state index in [9.17, 15) is 13.2 Å². The van der Waals surface area contributed by atoms with Crippen LogP contribution < -0.4 is 0 Å². The zero-order valence-corrected chi connectivity index (χ0v) is 10.5. The second kappa shape index (κ2) is 3.75. The Morgan fingerprint density at radius 1 is 1.20 bits per heavy atom. The largest absolute Gasteiger partial charge is 0.288 e. The van der Waals surface area contributed by atoms with Crippen molar-refractivity contribution in [3.8, 4) is 0 Å². The molecule has 0 saturated carbocycles. The summed E-state index contributed by atoms with van der Waals surface area (Å²) in [4.78, 5) is 13.6. The summed E-state index contributed by atoms with van der Waals surface area (Å²) >= 11 is 0. The maximum Gasteiger partial charge on any atom is 0.250 e. The predicted octanol–water partition coefficient (Wildman–Crippen LogP) is -0.111. The molecule has 0 radical (unpaired) electrons. The van der Waals surface area contributed by atoms with Crippen molar-refractivity contribution in [3.63, 3.8) is 0 Å². The standard InChI is InChI=1S/C9H18N2O3S/c1-9(2,3)10-5-6-11(8(12)7-10)15(4,13)14/h5-7H2,1-4H3. The van der Waals surface area contributed by atoms with Crippen LogP contribution in [0.4, 0.5) is 0 Å². The maximum absolute atomic E-state index is 11.6. The van der Waals surface area contributed by atoms with Gasteiger partial charge in [0.15, 0.2) is 0 Å². The molecule has 0 atom stereocenters. The fourth-order valence-electron chi connectivity index (χ4n) is 1.58. The van der Waals surface area contributed by atoms with E-state index in [-0.39, 0.29) is 24.5 Å². The molecule has 6 heteroatoms. The summed E-state index contributed by atoms with van der Waals surface area (Å²) in [5.41, 5.74) is -0.0980. The van der Waals surface area contributed by atoms with Crippen LogP contribution in [0.5, 0.6) is 0 Å². The minimum atomic E-state index is -3.39. The Morgan fingerprint density at radius 3 is 2.07 bits per heavy atom. The lowest BCUT2D eigenvalue weighted by atomic mass is 10.1. The van der Waals surface area contributed by atoms with Crippen molar-refractivity contribution in [1.29, 1.82) is 0 Å². The molecule has 0 spiro atoms. The second-order valence-electron chi connectivity index (χ2n) is 4.82. The van der Waals surface area contributed by atoms with Gasteiger partial charge in [0.05, 0.1) is 12.8 Å². The van der Waals surface area contributed by atoms with Crippen LogP contribution in [-0.2, 0) is 14.8 Å². The number of nitrogens with zero attached hydrogens (tertiary/aromatic N) is 2. The Hall–Kier alpha value is -0.620. The fourth-order valence-corrected chi connectivity index (χ4v) is 2.42. The molecule has 1 rings (SSSR count). The predicted molar refractivity (Wildman–Crippen MR) is 57.9 cm³/mol. The van der Waals surface area contributed by atoms with Gasteiger partial charge < -0.3 is 0 Å². The molecule has 0 aromatic carbocycles. The van der Waals surface area contributed by atoms with Crippen molar-refractivity contribution >= 4 is 15.9 Å². The molecule has 0 unspecified atom stereocenters. The van der Waals surface area contributed by atoms with Gasteiger partial charge in [-0.25, -0.2) is 12.7 Å². The smallest absolute Gasteiger partial charge is 0.250 e. The zero-order valence-electron chi connectivity index (χ0n) is 9.65. The highest BCUT2D eigenvalue weighted by Crippen LogP contribution is 2.17. The Bertz CT molecular complexity index is 356. The van der Waals surface area contributed by atoms with E-state index < -0.39 is 10.0 Å². The average molecular weight is 234 g/mol. The van der Waals surface area contributed by atoms with Gasteiger partial charge in [-0.1, -0.05) is 0 Å². The topological polar surface area (TPSA) is 57.7 Å². The first-order chi connectivity index (χ1) is 6.62. The number of hydrogen-bond acceptors (Lipinski definition) is 4. The SMILES string of the molecule is CC(C)(C)N1CCN(S(C)(=O)=O)C(=O)C1. The molecule has 0 bridgehead atoms. The van der Waals surface area contributed by atoms with Crippen LogP contribution in [-0.4, -0.2) is 55.0 Å². The molecule has 1 heterocycles. The molecule has 0 aliphatic carbocycles. The molecule has 88 valence electrons. The van der Waals surface area contributed by atoms with Crippen LogP contribution in [0.25, 0.3) is 0 Å². The van der Waals surface area contributed by atoms with Crippen molar-refractivity contribution < 1.29 is 13.2 Å². The first kappa shape index (κ1) is 12.4. The van der Waals surface area contributed by atoms with Gasteiger partial charge in [0.2, 0.25) is 15.9 Å². The van der Waals surface area contributed by atoms with E-state index >= 15 is 0 Å². The quantitative estimate of drug-likeness (QED) is 0.635. The minimum Gasteiger partial charge on any atom is -0.288 e. The molecule has 5 nitrogen and oxygen atoms in total. The summed E-state index contributed by atoms with van der Waals surface area (Å²) in [5, 5.41) is 0. The van der Waals surface area contributed by atoms with E-state index in [1.165, 1.54) is 0 Å². The third kappa shape index (κ3) is 2.92. The molecule has 0 aromatic rings. The lowest BCUT2D eigenvalue weighted by molar-refractivity contribution is -0.132. The van der Waals surface area contributed by atoms with Crippen molar-refractivity contribution in [2.45, 2.75) is 26.3 Å². The number of carbonyl (C=O) groups is 1. The van der Waals surface area contributed by atoms with Crippen molar-refractivity contribution in [2.24, 2.45) is 0 Å². The molecule has 1 aliphatic heterocycles. The van der Waals surface area contributed by atoms with Crippen LogP contribution in [0.15, 0.2) is 0 Å². The van der Waals surface area contributed by atoms with E-state index in [2.05, 4.69) is 0 Å². The van der Waals surface area contributed by atoms with Crippen LogP contribution in [0.3, 0.4) is 0 Å². The minimum absolute atomic E-state index is 0.0980.